The Hall–Kier alpha value is -2.04. The van der Waals surface area contributed by atoms with E-state index in [2.05, 4.69) is 17.6 Å². The molecule has 1 aromatic rings. The average Bonchev–Trinajstić information content (AvgIpc) is 3.41. The lowest BCUT2D eigenvalue weighted by Gasteiger charge is -2.16. The first kappa shape index (κ1) is 18.3. The molecule has 132 valence electrons. The van der Waals surface area contributed by atoms with Crippen molar-refractivity contribution in [3.05, 3.63) is 29.8 Å². The molecule has 0 bridgehead atoms. The van der Waals surface area contributed by atoms with Crippen LogP contribution in [-0.2, 0) is 16.0 Å². The van der Waals surface area contributed by atoms with Crippen LogP contribution in [0.1, 0.15) is 44.6 Å². The topological polar surface area (TPSA) is 67.4 Å². The molecule has 2 rings (SSSR count). The minimum Gasteiger partial charge on any atom is -0.496 e. The molecule has 2 amide bonds. The standard InChI is InChI=1S/C19H28N2O3/c1-3-4-7-13-20-17(22)19(11-12-19)18(23)21-14-10-15-8-5-6-9-16(15)24-2/h5-6,8-9H,3-4,7,10-14H2,1-2H3,(H,20,22)(H,21,23). The van der Waals surface area contributed by atoms with E-state index in [0.717, 1.165) is 30.6 Å². The van der Waals surface area contributed by atoms with Gasteiger partial charge in [0.15, 0.2) is 0 Å². The van der Waals surface area contributed by atoms with Gasteiger partial charge in [0.1, 0.15) is 11.2 Å². The maximum atomic E-state index is 12.4. The third-order valence-corrected chi connectivity index (χ3v) is 4.56. The Kier molecular flexibility index (Phi) is 6.64. The van der Waals surface area contributed by atoms with E-state index in [1.807, 2.05) is 24.3 Å². The van der Waals surface area contributed by atoms with Crippen LogP contribution >= 0.6 is 0 Å². The number of amides is 2. The molecule has 0 unspecified atom stereocenters. The second kappa shape index (κ2) is 8.71. The summed E-state index contributed by atoms with van der Waals surface area (Å²) >= 11 is 0. The second-order valence-electron chi connectivity index (χ2n) is 6.36. The Bertz CT molecular complexity index is 567. The van der Waals surface area contributed by atoms with Crippen LogP contribution in [-0.4, -0.2) is 32.0 Å². The normalized spacial score (nSPS) is 14.8. The zero-order valence-corrected chi connectivity index (χ0v) is 14.7. The zero-order chi connectivity index (χ0) is 17.4. The maximum absolute atomic E-state index is 12.4. The summed E-state index contributed by atoms with van der Waals surface area (Å²) in [6, 6.07) is 7.76. The Morgan fingerprint density at radius 3 is 2.38 bits per heavy atom. The van der Waals surface area contributed by atoms with Gasteiger partial charge in [0.05, 0.1) is 7.11 Å². The highest BCUT2D eigenvalue weighted by atomic mass is 16.5. The van der Waals surface area contributed by atoms with Gasteiger partial charge in [0, 0.05) is 13.1 Å². The van der Waals surface area contributed by atoms with Gasteiger partial charge < -0.3 is 15.4 Å². The van der Waals surface area contributed by atoms with Crippen molar-refractivity contribution >= 4 is 11.8 Å². The number of benzene rings is 1. The Morgan fingerprint density at radius 2 is 1.75 bits per heavy atom. The van der Waals surface area contributed by atoms with Crippen molar-refractivity contribution in [1.82, 2.24) is 10.6 Å². The van der Waals surface area contributed by atoms with Crippen LogP contribution in [0.2, 0.25) is 0 Å². The molecule has 0 saturated heterocycles. The van der Waals surface area contributed by atoms with Gasteiger partial charge in [0.2, 0.25) is 11.8 Å². The molecule has 1 aromatic carbocycles. The number of hydrogen-bond acceptors (Lipinski definition) is 3. The van der Waals surface area contributed by atoms with E-state index < -0.39 is 5.41 Å². The number of carbonyl (C=O) groups is 2. The molecule has 24 heavy (non-hydrogen) atoms. The van der Waals surface area contributed by atoms with Crippen molar-refractivity contribution in [1.29, 1.82) is 0 Å². The smallest absolute Gasteiger partial charge is 0.235 e. The fourth-order valence-corrected chi connectivity index (χ4v) is 2.82. The number of para-hydroxylation sites is 1. The molecule has 1 aliphatic carbocycles. The lowest BCUT2D eigenvalue weighted by Crippen LogP contribution is -2.43. The number of nitrogens with one attached hydrogen (secondary N) is 2. The third-order valence-electron chi connectivity index (χ3n) is 4.56. The first-order valence-electron chi connectivity index (χ1n) is 8.82. The molecular weight excluding hydrogens is 304 g/mol. The summed E-state index contributed by atoms with van der Waals surface area (Å²) in [5, 5.41) is 5.82. The van der Waals surface area contributed by atoms with Gasteiger partial charge >= 0.3 is 0 Å². The van der Waals surface area contributed by atoms with Gasteiger partial charge in [-0.3, -0.25) is 9.59 Å². The van der Waals surface area contributed by atoms with Gasteiger partial charge in [-0.05, 0) is 37.3 Å². The summed E-state index contributed by atoms with van der Waals surface area (Å²) in [7, 11) is 1.64. The SMILES string of the molecule is CCCCCNC(=O)C1(C(=O)NCCc2ccccc2OC)CC1. The highest BCUT2D eigenvalue weighted by Gasteiger charge is 2.56. The van der Waals surface area contributed by atoms with Crippen molar-refractivity contribution < 1.29 is 14.3 Å². The van der Waals surface area contributed by atoms with Crippen LogP contribution in [0.4, 0.5) is 0 Å². The van der Waals surface area contributed by atoms with Crippen LogP contribution in [0.5, 0.6) is 5.75 Å². The highest BCUT2D eigenvalue weighted by molar-refractivity contribution is 6.07. The van der Waals surface area contributed by atoms with E-state index in [1.54, 1.807) is 7.11 Å². The van der Waals surface area contributed by atoms with Crippen molar-refractivity contribution in [3.63, 3.8) is 0 Å². The molecular formula is C19H28N2O3. The minimum absolute atomic E-state index is 0.117. The van der Waals surface area contributed by atoms with Gasteiger partial charge in [-0.2, -0.15) is 0 Å². The lowest BCUT2D eigenvalue weighted by molar-refractivity contribution is -0.137. The summed E-state index contributed by atoms with van der Waals surface area (Å²) in [4.78, 5) is 24.7. The minimum atomic E-state index is -0.826. The van der Waals surface area contributed by atoms with E-state index in [9.17, 15) is 9.59 Å². The van der Waals surface area contributed by atoms with E-state index in [-0.39, 0.29) is 11.8 Å². The molecule has 0 aromatic heterocycles. The average molecular weight is 332 g/mol. The number of hydrogen-bond donors (Lipinski definition) is 2. The van der Waals surface area contributed by atoms with Crippen molar-refractivity contribution in [2.45, 2.75) is 45.4 Å². The predicted octanol–water partition coefficient (Wildman–Crippen LogP) is 2.44. The van der Waals surface area contributed by atoms with Gasteiger partial charge in [0.25, 0.3) is 0 Å². The zero-order valence-electron chi connectivity index (χ0n) is 14.7. The molecule has 0 radical (unpaired) electrons. The van der Waals surface area contributed by atoms with E-state index in [4.69, 9.17) is 4.74 Å². The van der Waals surface area contributed by atoms with Gasteiger partial charge in [-0.15, -0.1) is 0 Å². The van der Waals surface area contributed by atoms with E-state index in [0.29, 0.717) is 32.4 Å². The van der Waals surface area contributed by atoms with Crippen LogP contribution in [0.25, 0.3) is 0 Å². The number of methoxy groups -OCH3 is 1. The van der Waals surface area contributed by atoms with Crippen LogP contribution in [0, 0.1) is 5.41 Å². The van der Waals surface area contributed by atoms with Crippen LogP contribution < -0.4 is 15.4 Å². The Labute approximate surface area is 144 Å². The third kappa shape index (κ3) is 4.49. The number of rotatable bonds is 10. The molecule has 1 saturated carbocycles. The quantitative estimate of drug-likeness (QED) is 0.511. The Balaban J connectivity index is 1.78. The van der Waals surface area contributed by atoms with E-state index in [1.165, 1.54) is 0 Å². The van der Waals surface area contributed by atoms with Crippen molar-refractivity contribution in [2.24, 2.45) is 5.41 Å². The molecule has 0 spiro atoms. The van der Waals surface area contributed by atoms with Gasteiger partial charge in [-0.25, -0.2) is 0 Å². The Morgan fingerprint density at radius 1 is 1.08 bits per heavy atom. The number of unbranched alkanes of at least 4 members (excludes halogenated alkanes) is 2. The second-order valence-corrected chi connectivity index (χ2v) is 6.36. The molecule has 5 nitrogen and oxygen atoms in total. The summed E-state index contributed by atoms with van der Waals surface area (Å²) in [6.45, 7) is 3.28. The molecule has 1 fully saturated rings. The summed E-state index contributed by atoms with van der Waals surface area (Å²) in [6.07, 6.45) is 5.15. The lowest BCUT2D eigenvalue weighted by atomic mass is 10.0. The largest absolute Gasteiger partial charge is 0.496 e. The summed E-state index contributed by atoms with van der Waals surface area (Å²) in [5.74, 6) is 0.556. The van der Waals surface area contributed by atoms with E-state index >= 15 is 0 Å². The maximum Gasteiger partial charge on any atom is 0.235 e. The highest BCUT2D eigenvalue weighted by Crippen LogP contribution is 2.46. The van der Waals surface area contributed by atoms with Gasteiger partial charge in [-0.1, -0.05) is 38.0 Å². The molecule has 5 heteroatoms. The number of ether oxygens (including phenoxy) is 1. The molecule has 1 aliphatic rings. The molecule has 0 aliphatic heterocycles. The first-order valence-corrected chi connectivity index (χ1v) is 8.82. The molecule has 0 heterocycles. The molecule has 2 N–H and O–H groups in total. The molecule has 0 atom stereocenters. The fraction of sp³-hybridized carbons (Fsp3) is 0.579. The monoisotopic (exact) mass is 332 g/mol. The van der Waals surface area contributed by atoms with Crippen molar-refractivity contribution in [3.8, 4) is 5.75 Å². The summed E-state index contributed by atoms with van der Waals surface area (Å²) < 4.78 is 5.31. The first-order chi connectivity index (χ1) is 11.6. The van der Waals surface area contributed by atoms with Crippen LogP contribution in [0.15, 0.2) is 24.3 Å². The summed E-state index contributed by atoms with van der Waals surface area (Å²) in [5.41, 5.74) is 0.224. The fourth-order valence-electron chi connectivity index (χ4n) is 2.82. The van der Waals surface area contributed by atoms with Crippen LogP contribution in [0.3, 0.4) is 0 Å². The predicted molar refractivity (Wildman–Crippen MR) is 93.9 cm³/mol. The number of carbonyl (C=O) groups excluding carboxylic acids is 2. The van der Waals surface area contributed by atoms with Crippen molar-refractivity contribution in [2.75, 3.05) is 20.2 Å².